The monoisotopic (exact) mass is 250 g/mol. The minimum Gasteiger partial charge on any atom is -0.490 e. The van der Waals surface area contributed by atoms with E-state index in [-0.39, 0.29) is 11.2 Å². The average molecular weight is 250 g/mol. The Morgan fingerprint density at radius 1 is 1.33 bits per heavy atom. The summed E-state index contributed by atoms with van der Waals surface area (Å²) < 4.78 is 19.5. The van der Waals surface area contributed by atoms with Crippen molar-refractivity contribution in [3.63, 3.8) is 0 Å². The smallest absolute Gasteiger partial charge is 0.165 e. The molecule has 0 bridgehead atoms. The Labute approximate surface area is 109 Å². The average Bonchev–Trinajstić information content (AvgIpc) is 2.29. The molecular formula is C16H23FO. The zero-order chi connectivity index (χ0) is 13.2. The molecule has 2 rings (SSSR count). The third kappa shape index (κ3) is 2.85. The molecule has 0 unspecified atom stereocenters. The highest BCUT2D eigenvalue weighted by atomic mass is 19.1. The standard InChI is InChI=1S/C16H23FO/c1-4-16(2,3)13-8-9-15(14(17)10-13)18-11-12-6-5-7-12/h8-10,12H,4-7,11H2,1-3H3. The van der Waals surface area contributed by atoms with Crippen molar-refractivity contribution in [2.75, 3.05) is 6.61 Å². The number of rotatable bonds is 5. The van der Waals surface area contributed by atoms with Crippen LogP contribution in [0.5, 0.6) is 5.75 Å². The second-order valence-electron chi connectivity index (χ2n) is 5.99. The first kappa shape index (κ1) is 13.4. The normalized spacial score (nSPS) is 16.4. The van der Waals surface area contributed by atoms with Crippen LogP contribution in [0.3, 0.4) is 0 Å². The van der Waals surface area contributed by atoms with Crippen LogP contribution in [-0.2, 0) is 5.41 Å². The lowest BCUT2D eigenvalue weighted by atomic mass is 9.82. The van der Waals surface area contributed by atoms with Crippen molar-refractivity contribution < 1.29 is 9.13 Å². The van der Waals surface area contributed by atoms with Gasteiger partial charge in [0.2, 0.25) is 0 Å². The molecule has 0 amide bonds. The molecule has 0 heterocycles. The van der Waals surface area contributed by atoms with Gasteiger partial charge in [0, 0.05) is 0 Å². The first-order valence-electron chi connectivity index (χ1n) is 6.96. The molecule has 0 N–H and O–H groups in total. The van der Waals surface area contributed by atoms with Crippen LogP contribution >= 0.6 is 0 Å². The Bertz CT molecular complexity index is 408. The predicted molar refractivity (Wildman–Crippen MR) is 72.6 cm³/mol. The van der Waals surface area contributed by atoms with E-state index < -0.39 is 0 Å². The highest BCUT2D eigenvalue weighted by Crippen LogP contribution is 2.31. The van der Waals surface area contributed by atoms with Crippen LogP contribution in [0.2, 0.25) is 0 Å². The van der Waals surface area contributed by atoms with Gasteiger partial charge in [0.15, 0.2) is 11.6 Å². The number of benzene rings is 1. The minimum atomic E-state index is -0.228. The summed E-state index contributed by atoms with van der Waals surface area (Å²) >= 11 is 0. The number of halogens is 1. The molecule has 1 aliphatic carbocycles. The first-order valence-corrected chi connectivity index (χ1v) is 6.96. The molecule has 1 aromatic carbocycles. The van der Waals surface area contributed by atoms with E-state index in [0.29, 0.717) is 18.3 Å². The maximum absolute atomic E-state index is 14.0. The van der Waals surface area contributed by atoms with E-state index in [1.807, 2.05) is 6.07 Å². The van der Waals surface area contributed by atoms with Gasteiger partial charge < -0.3 is 4.74 Å². The van der Waals surface area contributed by atoms with Crippen molar-refractivity contribution in [1.82, 2.24) is 0 Å². The van der Waals surface area contributed by atoms with E-state index in [1.54, 1.807) is 12.1 Å². The fourth-order valence-electron chi connectivity index (χ4n) is 2.11. The van der Waals surface area contributed by atoms with Crippen LogP contribution in [0.1, 0.15) is 52.0 Å². The number of hydrogen-bond donors (Lipinski definition) is 0. The second-order valence-corrected chi connectivity index (χ2v) is 5.99. The highest BCUT2D eigenvalue weighted by Gasteiger charge is 2.21. The molecule has 1 nitrogen and oxygen atoms in total. The Hall–Kier alpha value is -1.05. The largest absolute Gasteiger partial charge is 0.490 e. The van der Waals surface area contributed by atoms with Gasteiger partial charge in [-0.1, -0.05) is 33.3 Å². The van der Waals surface area contributed by atoms with Gasteiger partial charge in [0.05, 0.1) is 6.61 Å². The molecular weight excluding hydrogens is 227 g/mol. The summed E-state index contributed by atoms with van der Waals surface area (Å²) in [6, 6.07) is 5.39. The summed E-state index contributed by atoms with van der Waals surface area (Å²) in [7, 11) is 0. The predicted octanol–water partition coefficient (Wildman–Crippen LogP) is 4.69. The molecule has 0 spiro atoms. The molecule has 0 atom stereocenters. The molecule has 100 valence electrons. The van der Waals surface area contributed by atoms with Crippen LogP contribution in [0, 0.1) is 11.7 Å². The van der Waals surface area contributed by atoms with E-state index in [4.69, 9.17) is 4.74 Å². The van der Waals surface area contributed by atoms with Crippen molar-refractivity contribution >= 4 is 0 Å². The fraction of sp³-hybridized carbons (Fsp3) is 0.625. The molecule has 1 saturated carbocycles. The molecule has 1 aromatic rings. The van der Waals surface area contributed by atoms with Crippen LogP contribution in [-0.4, -0.2) is 6.61 Å². The molecule has 2 heteroatoms. The maximum Gasteiger partial charge on any atom is 0.165 e. The van der Waals surface area contributed by atoms with Crippen molar-refractivity contribution in [3.05, 3.63) is 29.6 Å². The van der Waals surface area contributed by atoms with Crippen molar-refractivity contribution in [3.8, 4) is 5.75 Å². The highest BCUT2D eigenvalue weighted by molar-refractivity contribution is 5.33. The van der Waals surface area contributed by atoms with Gasteiger partial charge in [-0.25, -0.2) is 4.39 Å². The number of hydrogen-bond acceptors (Lipinski definition) is 1. The van der Waals surface area contributed by atoms with E-state index >= 15 is 0 Å². The summed E-state index contributed by atoms with van der Waals surface area (Å²) in [5.41, 5.74) is 1.06. The molecule has 0 aliphatic heterocycles. The summed E-state index contributed by atoms with van der Waals surface area (Å²) in [4.78, 5) is 0. The Balaban J connectivity index is 2.04. The van der Waals surface area contributed by atoms with Crippen LogP contribution in [0.25, 0.3) is 0 Å². The first-order chi connectivity index (χ1) is 8.53. The minimum absolute atomic E-state index is 0.0212. The molecule has 18 heavy (non-hydrogen) atoms. The lowest BCUT2D eigenvalue weighted by Gasteiger charge is -2.26. The van der Waals surface area contributed by atoms with Crippen molar-refractivity contribution in [1.29, 1.82) is 0 Å². The summed E-state index contributed by atoms with van der Waals surface area (Å²) in [5.74, 6) is 0.807. The third-order valence-electron chi connectivity index (χ3n) is 4.30. The van der Waals surface area contributed by atoms with Crippen molar-refractivity contribution in [2.45, 2.75) is 51.9 Å². The van der Waals surface area contributed by atoms with Crippen LogP contribution < -0.4 is 4.74 Å². The quantitative estimate of drug-likeness (QED) is 0.736. The van der Waals surface area contributed by atoms with Crippen LogP contribution in [0.15, 0.2) is 18.2 Å². The Morgan fingerprint density at radius 3 is 2.56 bits per heavy atom. The lowest BCUT2D eigenvalue weighted by Crippen LogP contribution is -2.20. The van der Waals surface area contributed by atoms with E-state index in [0.717, 1.165) is 12.0 Å². The summed E-state index contributed by atoms with van der Waals surface area (Å²) in [5, 5.41) is 0. The number of ether oxygens (including phenoxy) is 1. The lowest BCUT2D eigenvalue weighted by molar-refractivity contribution is 0.175. The SMILES string of the molecule is CCC(C)(C)c1ccc(OCC2CCC2)c(F)c1. The van der Waals surface area contributed by atoms with Gasteiger partial charge in [-0.05, 0) is 48.3 Å². The second kappa shape index (κ2) is 5.29. The van der Waals surface area contributed by atoms with E-state index in [1.165, 1.54) is 19.3 Å². The zero-order valence-electron chi connectivity index (χ0n) is 11.6. The van der Waals surface area contributed by atoms with Gasteiger partial charge in [0.25, 0.3) is 0 Å². The fourth-order valence-corrected chi connectivity index (χ4v) is 2.11. The van der Waals surface area contributed by atoms with Crippen molar-refractivity contribution in [2.24, 2.45) is 5.92 Å². The Morgan fingerprint density at radius 2 is 2.06 bits per heavy atom. The van der Waals surface area contributed by atoms with Gasteiger partial charge in [0.1, 0.15) is 0 Å². The molecule has 1 aliphatic rings. The topological polar surface area (TPSA) is 9.23 Å². The van der Waals surface area contributed by atoms with E-state index in [9.17, 15) is 4.39 Å². The maximum atomic E-state index is 14.0. The van der Waals surface area contributed by atoms with Gasteiger partial charge in [-0.3, -0.25) is 0 Å². The Kier molecular flexibility index (Phi) is 3.94. The molecule has 1 fully saturated rings. The molecule has 0 saturated heterocycles. The molecule has 0 radical (unpaired) electrons. The summed E-state index contributed by atoms with van der Waals surface area (Å²) in [6.45, 7) is 7.06. The third-order valence-corrected chi connectivity index (χ3v) is 4.30. The van der Waals surface area contributed by atoms with Gasteiger partial charge >= 0.3 is 0 Å². The van der Waals surface area contributed by atoms with Gasteiger partial charge in [-0.2, -0.15) is 0 Å². The molecule has 0 aromatic heterocycles. The zero-order valence-corrected chi connectivity index (χ0v) is 11.6. The van der Waals surface area contributed by atoms with E-state index in [2.05, 4.69) is 20.8 Å². The van der Waals surface area contributed by atoms with Crippen LogP contribution in [0.4, 0.5) is 4.39 Å². The summed E-state index contributed by atoms with van der Waals surface area (Å²) in [6.07, 6.45) is 4.74. The van der Waals surface area contributed by atoms with Gasteiger partial charge in [-0.15, -0.1) is 0 Å².